The monoisotopic (exact) mass is 1240 g/mol. The Balaban J connectivity index is 1.18. The maximum Gasteiger partial charge on any atom is 0.224 e. The Bertz CT molecular complexity index is 6070. The van der Waals surface area contributed by atoms with Crippen molar-refractivity contribution in [1.29, 1.82) is 10.5 Å². The fourth-order valence-corrected chi connectivity index (χ4v) is 16.6. The average Bonchev–Trinajstić information content (AvgIpc) is 1.31. The molecule has 10 heteroatoms. The highest BCUT2D eigenvalue weighted by atomic mass is 15.1. The number of rotatable bonds is 7. The summed E-state index contributed by atoms with van der Waals surface area (Å²) in [5, 5.41) is 37.9. The quantitative estimate of drug-likeness (QED) is 0.149. The molecule has 450 valence electrons. The van der Waals surface area contributed by atoms with Crippen LogP contribution >= 0.6 is 0 Å². The van der Waals surface area contributed by atoms with Crippen LogP contribution < -0.4 is 0 Å². The van der Waals surface area contributed by atoms with Gasteiger partial charge in [-0.05, 0) is 72.8 Å². The van der Waals surface area contributed by atoms with Crippen molar-refractivity contribution in [2.24, 2.45) is 0 Å². The number of nitriles is 2. The lowest BCUT2D eigenvalue weighted by atomic mass is 9.87. The number of aromatic nitrogens is 6. The molecule has 20 rings (SSSR count). The predicted octanol–water partition coefficient (Wildman–Crippen LogP) is 22.8. The van der Waals surface area contributed by atoms with E-state index in [2.05, 4.69) is 234 Å². The van der Waals surface area contributed by atoms with Crippen LogP contribution in [-0.4, -0.2) is 27.4 Å². The van der Waals surface area contributed by atoms with Crippen molar-refractivity contribution in [1.82, 2.24) is 27.4 Å². The van der Waals surface area contributed by atoms with E-state index >= 15 is 0 Å². The number of fused-ring (bicyclic) bond motifs is 18. The standard InChI is InChI=1S/C88H48N10/c1-91-81-86(96-73-45-21-9-33-59(73)60-34-10-22-46-74(60)96)80(87(97-75-47-23-11-35-61(75)62-36-12-24-48-76(62)97)82(92-2)88(81)98-77-49-25-13-37-63(77)64-38-14-26-50-78(64)98)79-84(94-69-41-17-5-29-55(69)56-30-6-18-42-70(56)94)65(51-89)83(93-67-39-15-3-27-53(67)54-28-4-16-40-68(54)93)66(52-90)85(79)95-71-43-19-7-31-57(71)58-32-8-20-44-72(58)95/h3-50H. The molecule has 14 aromatic carbocycles. The number of nitrogens with zero attached hydrogens (tertiary/aromatic N) is 10. The topological polar surface area (TPSA) is 85.9 Å². The molecule has 6 heterocycles. The lowest BCUT2D eigenvalue weighted by molar-refractivity contribution is 1.07. The van der Waals surface area contributed by atoms with Gasteiger partial charge in [0.25, 0.3) is 0 Å². The van der Waals surface area contributed by atoms with Gasteiger partial charge in [-0.1, -0.05) is 218 Å². The van der Waals surface area contributed by atoms with E-state index in [1.165, 1.54) is 0 Å². The molecule has 20 aromatic rings. The van der Waals surface area contributed by atoms with Crippen molar-refractivity contribution in [2.75, 3.05) is 0 Å². The maximum atomic E-state index is 13.3. The van der Waals surface area contributed by atoms with E-state index in [4.69, 9.17) is 9.69 Å². The van der Waals surface area contributed by atoms with E-state index in [0.29, 0.717) is 45.3 Å². The van der Waals surface area contributed by atoms with Gasteiger partial charge >= 0.3 is 0 Å². The zero-order valence-corrected chi connectivity index (χ0v) is 52.2. The number of hydrogen-bond donors (Lipinski definition) is 0. The van der Waals surface area contributed by atoms with Crippen molar-refractivity contribution in [3.05, 3.63) is 325 Å². The van der Waals surface area contributed by atoms with E-state index in [-0.39, 0.29) is 22.5 Å². The molecule has 0 radical (unpaired) electrons. The summed E-state index contributed by atoms with van der Waals surface area (Å²) in [7, 11) is 0. The molecule has 0 aliphatic carbocycles. The minimum absolute atomic E-state index is 0.179. The van der Waals surface area contributed by atoms with Crippen LogP contribution in [0.1, 0.15) is 11.1 Å². The molecule has 6 aromatic heterocycles. The molecule has 0 bridgehead atoms. The van der Waals surface area contributed by atoms with Crippen LogP contribution in [0.15, 0.2) is 291 Å². The highest BCUT2D eigenvalue weighted by Crippen LogP contribution is 2.59. The van der Waals surface area contributed by atoms with E-state index in [1.807, 2.05) is 97.1 Å². The molecule has 10 nitrogen and oxygen atoms in total. The molecule has 98 heavy (non-hydrogen) atoms. The van der Waals surface area contributed by atoms with Gasteiger partial charge in [-0.3, -0.25) is 0 Å². The zero-order chi connectivity index (χ0) is 65.0. The summed E-state index contributed by atoms with van der Waals surface area (Å²) in [6.45, 7) is 20.7. The molecule has 0 fully saturated rings. The summed E-state index contributed by atoms with van der Waals surface area (Å²) in [6.07, 6.45) is 0. The summed E-state index contributed by atoms with van der Waals surface area (Å²) in [6, 6.07) is 106. The van der Waals surface area contributed by atoms with E-state index in [0.717, 1.165) is 131 Å². The summed E-state index contributed by atoms with van der Waals surface area (Å²) < 4.78 is 13.2. The van der Waals surface area contributed by atoms with E-state index < -0.39 is 0 Å². The molecule has 0 atom stereocenters. The number of hydrogen-bond acceptors (Lipinski definition) is 2. The van der Waals surface area contributed by atoms with E-state index in [1.54, 1.807) is 0 Å². The zero-order valence-electron chi connectivity index (χ0n) is 52.2. The van der Waals surface area contributed by atoms with Crippen molar-refractivity contribution in [3.8, 4) is 57.4 Å². The first kappa shape index (κ1) is 54.4. The molecule has 0 unspecified atom stereocenters. The fourth-order valence-electron chi connectivity index (χ4n) is 16.6. The second kappa shape index (κ2) is 20.7. The maximum absolute atomic E-state index is 13.3. The molecular weight excluding hydrogens is 1200 g/mol. The minimum atomic E-state index is 0.179. The van der Waals surface area contributed by atoms with Gasteiger partial charge in [0.15, 0.2) is 0 Å². The first-order valence-corrected chi connectivity index (χ1v) is 32.5. The van der Waals surface area contributed by atoms with Crippen LogP contribution in [0.25, 0.3) is 186 Å². The molecule has 0 N–H and O–H groups in total. The third kappa shape index (κ3) is 7.13. The Morgan fingerprint density at radius 2 is 0.357 bits per heavy atom. The van der Waals surface area contributed by atoms with Gasteiger partial charge in [-0.2, -0.15) is 10.5 Å². The molecular formula is C88H48N10. The molecule has 0 aliphatic rings. The molecule has 0 saturated heterocycles. The Morgan fingerprint density at radius 1 is 0.204 bits per heavy atom. The highest BCUT2D eigenvalue weighted by Gasteiger charge is 2.40. The van der Waals surface area contributed by atoms with Crippen LogP contribution in [0.3, 0.4) is 0 Å². The Labute approximate surface area is 559 Å². The Kier molecular flexibility index (Phi) is 11.5. The van der Waals surface area contributed by atoms with Gasteiger partial charge in [0.05, 0.1) is 113 Å². The van der Waals surface area contributed by atoms with Gasteiger partial charge in [-0.15, -0.1) is 0 Å². The van der Waals surface area contributed by atoms with Gasteiger partial charge in [-0.25, -0.2) is 9.69 Å². The van der Waals surface area contributed by atoms with Gasteiger partial charge in [0.1, 0.15) is 23.3 Å². The Morgan fingerprint density at radius 3 is 0.541 bits per heavy atom. The van der Waals surface area contributed by atoms with Crippen LogP contribution in [0.2, 0.25) is 0 Å². The van der Waals surface area contributed by atoms with Gasteiger partial charge in [0.2, 0.25) is 11.4 Å². The second-order valence-electron chi connectivity index (χ2n) is 25.0. The lowest BCUT2D eigenvalue weighted by Crippen LogP contribution is -2.16. The average molecular weight is 1250 g/mol. The van der Waals surface area contributed by atoms with Crippen molar-refractivity contribution >= 4 is 142 Å². The molecule has 0 saturated carbocycles. The third-order valence-electron chi connectivity index (χ3n) is 20.3. The van der Waals surface area contributed by atoms with Gasteiger partial charge in [0, 0.05) is 75.8 Å². The Hall–Kier alpha value is -14.2. The van der Waals surface area contributed by atoms with E-state index in [9.17, 15) is 23.7 Å². The summed E-state index contributed by atoms with van der Waals surface area (Å²) in [4.78, 5) is 9.91. The summed E-state index contributed by atoms with van der Waals surface area (Å²) >= 11 is 0. The summed E-state index contributed by atoms with van der Waals surface area (Å²) in [5.41, 5.74) is 13.8. The lowest BCUT2D eigenvalue weighted by Gasteiger charge is -2.31. The first-order chi connectivity index (χ1) is 48.6. The van der Waals surface area contributed by atoms with Crippen LogP contribution in [0, 0.1) is 35.8 Å². The largest absolute Gasteiger partial charge is 0.329 e. The second-order valence-corrected chi connectivity index (χ2v) is 25.0. The smallest absolute Gasteiger partial charge is 0.224 e. The first-order valence-electron chi connectivity index (χ1n) is 32.5. The van der Waals surface area contributed by atoms with Crippen molar-refractivity contribution in [3.63, 3.8) is 0 Å². The van der Waals surface area contributed by atoms with Crippen molar-refractivity contribution in [2.45, 2.75) is 0 Å². The minimum Gasteiger partial charge on any atom is -0.329 e. The third-order valence-corrected chi connectivity index (χ3v) is 20.3. The molecule has 0 aliphatic heterocycles. The van der Waals surface area contributed by atoms with Crippen LogP contribution in [0.4, 0.5) is 11.4 Å². The SMILES string of the molecule is [C-]#[N+]c1c(-n2c3ccccc3c3ccccc32)c([N+]#[C-])c(-n2c3ccccc3c3ccccc32)c(-c2c(-n3c4ccccc4c4ccccc43)c(C#N)c(-n3c4ccccc4c4ccccc43)c(C#N)c2-n2c3ccccc3c3ccccc32)c1-n1c2ccccc2c2ccccc21. The number of para-hydroxylation sites is 12. The summed E-state index contributed by atoms with van der Waals surface area (Å²) in [5.74, 6) is 0. The molecule has 0 amide bonds. The van der Waals surface area contributed by atoms with Crippen LogP contribution in [0.5, 0.6) is 0 Å². The highest BCUT2D eigenvalue weighted by molar-refractivity contribution is 6.21. The normalized spacial score (nSPS) is 11.8. The fraction of sp³-hybridized carbons (Fsp3) is 0. The number of benzene rings is 14. The van der Waals surface area contributed by atoms with Crippen molar-refractivity contribution < 1.29 is 0 Å². The predicted molar refractivity (Wildman–Crippen MR) is 400 cm³/mol. The van der Waals surface area contributed by atoms with Gasteiger partial charge < -0.3 is 27.4 Å². The molecule has 0 spiro atoms. The van der Waals surface area contributed by atoms with Crippen LogP contribution in [-0.2, 0) is 0 Å².